The van der Waals surface area contributed by atoms with Crippen LogP contribution in [0, 0.1) is 6.92 Å². The fourth-order valence-corrected chi connectivity index (χ4v) is 1.03. The van der Waals surface area contributed by atoms with Crippen LogP contribution in [0.2, 0.25) is 0 Å². The Morgan fingerprint density at radius 2 is 2.45 bits per heavy atom. The molecule has 0 radical (unpaired) electrons. The molecule has 1 aromatic rings. The molecule has 1 rings (SSSR count). The second-order valence-electron chi connectivity index (χ2n) is 2.63. The summed E-state index contributed by atoms with van der Waals surface area (Å²) in [5.41, 5.74) is 2.43. The van der Waals surface area contributed by atoms with Gasteiger partial charge in [0.2, 0.25) is 0 Å². The van der Waals surface area contributed by atoms with Gasteiger partial charge in [0.1, 0.15) is 0 Å². The van der Waals surface area contributed by atoms with Gasteiger partial charge >= 0.3 is 0 Å². The predicted octanol–water partition coefficient (Wildman–Crippen LogP) is 2.51. The zero-order chi connectivity index (χ0) is 8.10. The minimum absolute atomic E-state index is 1.05. The Kier molecular flexibility index (Phi) is 2.84. The monoisotopic (exact) mass is 147 g/mol. The predicted molar refractivity (Wildman–Crippen MR) is 47.5 cm³/mol. The minimum Gasteiger partial charge on any atom is -0.262 e. The summed E-state index contributed by atoms with van der Waals surface area (Å²) in [5, 5.41) is 0. The van der Waals surface area contributed by atoms with Crippen LogP contribution in [-0.2, 0) is 6.42 Å². The molecule has 0 aliphatic rings. The van der Waals surface area contributed by atoms with E-state index in [1.165, 1.54) is 5.56 Å². The lowest BCUT2D eigenvalue weighted by atomic mass is 10.1. The normalized spacial score (nSPS) is 9.55. The molecular formula is C10H13N. The fraction of sp³-hybridized carbons (Fsp3) is 0.300. The molecule has 0 atom stereocenters. The first-order valence-electron chi connectivity index (χ1n) is 3.85. The van der Waals surface area contributed by atoms with E-state index in [0.717, 1.165) is 18.5 Å². The van der Waals surface area contributed by atoms with E-state index >= 15 is 0 Å². The quantitative estimate of drug-likeness (QED) is 0.598. The lowest BCUT2D eigenvalue weighted by Gasteiger charge is -1.97. The Morgan fingerprint density at radius 1 is 1.64 bits per heavy atom. The molecule has 0 saturated heterocycles. The van der Waals surface area contributed by atoms with Crippen molar-refractivity contribution in [1.82, 2.24) is 4.98 Å². The summed E-state index contributed by atoms with van der Waals surface area (Å²) in [6.45, 7) is 5.69. The van der Waals surface area contributed by atoms with E-state index in [-0.39, 0.29) is 0 Å². The van der Waals surface area contributed by atoms with Crippen molar-refractivity contribution in [3.63, 3.8) is 0 Å². The number of allylic oxidation sites excluding steroid dienone is 1. The van der Waals surface area contributed by atoms with Crippen LogP contribution >= 0.6 is 0 Å². The molecule has 1 nitrogen and oxygen atoms in total. The van der Waals surface area contributed by atoms with Crippen LogP contribution in [0.4, 0.5) is 0 Å². The Bertz CT molecular complexity index is 240. The number of hydrogen-bond acceptors (Lipinski definition) is 1. The number of aromatic nitrogens is 1. The molecule has 58 valence electrons. The van der Waals surface area contributed by atoms with Gasteiger partial charge in [0.05, 0.1) is 0 Å². The van der Waals surface area contributed by atoms with Crippen LogP contribution in [0.5, 0.6) is 0 Å². The topological polar surface area (TPSA) is 12.9 Å². The van der Waals surface area contributed by atoms with E-state index in [4.69, 9.17) is 0 Å². The van der Waals surface area contributed by atoms with Crippen molar-refractivity contribution < 1.29 is 0 Å². The van der Waals surface area contributed by atoms with Gasteiger partial charge in [-0.25, -0.2) is 0 Å². The second kappa shape index (κ2) is 3.91. The van der Waals surface area contributed by atoms with Gasteiger partial charge in [0, 0.05) is 11.9 Å². The molecule has 0 aliphatic heterocycles. The van der Waals surface area contributed by atoms with Gasteiger partial charge in [0.25, 0.3) is 0 Å². The van der Waals surface area contributed by atoms with Crippen molar-refractivity contribution in [2.45, 2.75) is 19.8 Å². The third-order valence-electron chi connectivity index (χ3n) is 1.60. The van der Waals surface area contributed by atoms with E-state index < -0.39 is 0 Å². The third-order valence-corrected chi connectivity index (χ3v) is 1.60. The van der Waals surface area contributed by atoms with E-state index in [9.17, 15) is 0 Å². The van der Waals surface area contributed by atoms with Crippen molar-refractivity contribution in [3.05, 3.63) is 42.2 Å². The highest BCUT2D eigenvalue weighted by atomic mass is 14.6. The molecule has 0 spiro atoms. The number of rotatable bonds is 3. The van der Waals surface area contributed by atoms with E-state index in [1.54, 1.807) is 0 Å². The van der Waals surface area contributed by atoms with Crippen LogP contribution in [0.1, 0.15) is 17.7 Å². The number of pyridine rings is 1. The van der Waals surface area contributed by atoms with Crippen LogP contribution < -0.4 is 0 Å². The standard InChI is InChI=1S/C10H13N/c1-3-4-5-10-6-7-11-9(2)8-10/h3,6-8H,1,4-5H2,2H3. The zero-order valence-electron chi connectivity index (χ0n) is 6.88. The maximum absolute atomic E-state index is 4.12. The SMILES string of the molecule is C=CCCc1ccnc(C)c1. The van der Waals surface area contributed by atoms with Gasteiger partial charge in [-0.15, -0.1) is 6.58 Å². The van der Waals surface area contributed by atoms with Gasteiger partial charge < -0.3 is 0 Å². The molecule has 0 aliphatic carbocycles. The molecule has 0 aromatic carbocycles. The molecular weight excluding hydrogens is 134 g/mol. The Morgan fingerprint density at radius 3 is 3.09 bits per heavy atom. The molecule has 0 bridgehead atoms. The largest absolute Gasteiger partial charge is 0.262 e. The van der Waals surface area contributed by atoms with Crippen molar-refractivity contribution >= 4 is 0 Å². The molecule has 1 heterocycles. The fourth-order valence-electron chi connectivity index (χ4n) is 1.03. The molecule has 0 saturated carbocycles. The first-order chi connectivity index (χ1) is 5.33. The third kappa shape index (κ3) is 2.54. The Balaban J connectivity index is 2.63. The second-order valence-corrected chi connectivity index (χ2v) is 2.63. The van der Waals surface area contributed by atoms with Crippen LogP contribution in [-0.4, -0.2) is 4.98 Å². The van der Waals surface area contributed by atoms with E-state index in [1.807, 2.05) is 19.2 Å². The Hall–Kier alpha value is -1.11. The van der Waals surface area contributed by atoms with Gasteiger partial charge in [-0.2, -0.15) is 0 Å². The Labute approximate surface area is 67.8 Å². The molecule has 0 unspecified atom stereocenters. The molecule has 0 fully saturated rings. The van der Waals surface area contributed by atoms with Crippen molar-refractivity contribution in [1.29, 1.82) is 0 Å². The van der Waals surface area contributed by atoms with Gasteiger partial charge in [0.15, 0.2) is 0 Å². The van der Waals surface area contributed by atoms with Crippen molar-refractivity contribution in [3.8, 4) is 0 Å². The smallest absolute Gasteiger partial charge is 0.0375 e. The highest BCUT2D eigenvalue weighted by Crippen LogP contribution is 2.03. The summed E-state index contributed by atoms with van der Waals surface area (Å²) in [4.78, 5) is 4.12. The van der Waals surface area contributed by atoms with E-state index in [0.29, 0.717) is 0 Å². The molecule has 11 heavy (non-hydrogen) atoms. The zero-order valence-corrected chi connectivity index (χ0v) is 6.88. The molecule has 1 heteroatoms. The molecule has 1 aromatic heterocycles. The van der Waals surface area contributed by atoms with Crippen molar-refractivity contribution in [2.24, 2.45) is 0 Å². The summed E-state index contributed by atoms with van der Waals surface area (Å²) in [6, 6.07) is 4.17. The highest BCUT2D eigenvalue weighted by Gasteiger charge is 1.90. The van der Waals surface area contributed by atoms with Crippen LogP contribution in [0.15, 0.2) is 31.0 Å². The molecule has 0 amide bonds. The lowest BCUT2D eigenvalue weighted by molar-refractivity contribution is 0.988. The number of aryl methyl sites for hydroxylation is 2. The van der Waals surface area contributed by atoms with E-state index in [2.05, 4.69) is 23.7 Å². The summed E-state index contributed by atoms with van der Waals surface area (Å²) in [6.07, 6.45) is 5.92. The van der Waals surface area contributed by atoms with Crippen LogP contribution in [0.25, 0.3) is 0 Å². The number of nitrogens with zero attached hydrogens (tertiary/aromatic N) is 1. The maximum Gasteiger partial charge on any atom is 0.0375 e. The van der Waals surface area contributed by atoms with Crippen LogP contribution in [0.3, 0.4) is 0 Å². The average molecular weight is 147 g/mol. The lowest BCUT2D eigenvalue weighted by Crippen LogP contribution is -1.86. The van der Waals surface area contributed by atoms with Gasteiger partial charge in [-0.1, -0.05) is 6.08 Å². The van der Waals surface area contributed by atoms with Gasteiger partial charge in [-0.05, 0) is 37.5 Å². The number of hydrogen-bond donors (Lipinski definition) is 0. The minimum atomic E-state index is 1.05. The average Bonchev–Trinajstić information content (AvgIpc) is 2.01. The summed E-state index contributed by atoms with van der Waals surface area (Å²) in [7, 11) is 0. The highest BCUT2D eigenvalue weighted by molar-refractivity contribution is 5.15. The first-order valence-corrected chi connectivity index (χ1v) is 3.85. The summed E-state index contributed by atoms with van der Waals surface area (Å²) < 4.78 is 0. The molecule has 0 N–H and O–H groups in total. The summed E-state index contributed by atoms with van der Waals surface area (Å²) in [5.74, 6) is 0. The maximum atomic E-state index is 4.12. The first kappa shape index (κ1) is 7.99. The summed E-state index contributed by atoms with van der Waals surface area (Å²) >= 11 is 0. The van der Waals surface area contributed by atoms with Gasteiger partial charge in [-0.3, -0.25) is 4.98 Å². The van der Waals surface area contributed by atoms with Crippen molar-refractivity contribution in [2.75, 3.05) is 0 Å².